The minimum absolute atomic E-state index is 0.378. The normalized spacial score (nSPS) is 11.8. The molecule has 17 heavy (non-hydrogen) atoms. The lowest BCUT2D eigenvalue weighted by atomic mass is 10.2. The molecule has 0 radical (unpaired) electrons. The number of sulfonamides is 1. The molecule has 0 unspecified atom stereocenters. The van der Waals surface area contributed by atoms with Gasteiger partial charge in [-0.25, -0.2) is 27.3 Å². The number of nitrogens with zero attached hydrogens (tertiary/aromatic N) is 2. The molecule has 94 valence electrons. The third-order valence-electron chi connectivity index (χ3n) is 1.67. The number of aromatic nitrogens is 1. The van der Waals surface area contributed by atoms with Crippen LogP contribution in [-0.4, -0.2) is 18.3 Å². The zero-order valence-corrected chi connectivity index (χ0v) is 10.2. The summed E-state index contributed by atoms with van der Waals surface area (Å²) in [6.45, 7) is 0. The van der Waals surface area contributed by atoms with Gasteiger partial charge in [-0.05, 0) is 22.0 Å². The minimum Gasteiger partial charge on any atom is -0.258 e. The van der Waals surface area contributed by atoms with Crippen molar-refractivity contribution in [2.75, 3.05) is 0 Å². The Kier molecular flexibility index (Phi) is 3.74. The van der Waals surface area contributed by atoms with Crippen LogP contribution in [0.5, 0.6) is 0 Å². The van der Waals surface area contributed by atoms with Crippen LogP contribution in [0.2, 0.25) is 0 Å². The van der Waals surface area contributed by atoms with Crippen molar-refractivity contribution < 1.29 is 22.1 Å². The van der Waals surface area contributed by atoms with Gasteiger partial charge in [-0.1, -0.05) is 0 Å². The number of hydrogen-bond acceptors (Lipinski definition) is 5. The van der Waals surface area contributed by atoms with Crippen molar-refractivity contribution >= 4 is 31.6 Å². The molecule has 0 aliphatic heterocycles. The van der Waals surface area contributed by atoms with E-state index >= 15 is 0 Å². The molecular formula is C6H4BrF2N3O4S. The number of primary sulfonamides is 1. The molecule has 0 aromatic carbocycles. The van der Waals surface area contributed by atoms with Crippen molar-refractivity contribution in [3.05, 3.63) is 26.3 Å². The van der Waals surface area contributed by atoms with Gasteiger partial charge in [-0.15, -0.1) is 0 Å². The van der Waals surface area contributed by atoms with E-state index in [1.807, 2.05) is 0 Å². The summed E-state index contributed by atoms with van der Waals surface area (Å²) < 4.78 is 46.3. The Labute approximate surface area is 102 Å². The molecule has 1 aromatic heterocycles. The van der Waals surface area contributed by atoms with E-state index < -0.39 is 42.3 Å². The molecule has 0 saturated carbocycles. The van der Waals surface area contributed by atoms with E-state index in [1.54, 1.807) is 0 Å². The van der Waals surface area contributed by atoms with E-state index in [0.717, 1.165) is 0 Å². The third kappa shape index (κ3) is 2.92. The first-order valence-electron chi connectivity index (χ1n) is 3.80. The second kappa shape index (κ2) is 4.58. The molecule has 2 N–H and O–H groups in total. The summed E-state index contributed by atoms with van der Waals surface area (Å²) in [6.07, 6.45) is -3.23. The van der Waals surface area contributed by atoms with Crippen molar-refractivity contribution in [2.24, 2.45) is 5.14 Å². The summed E-state index contributed by atoms with van der Waals surface area (Å²) in [5, 5.41) is 14.4. The highest BCUT2D eigenvalue weighted by atomic mass is 79.9. The second-order valence-electron chi connectivity index (χ2n) is 2.79. The minimum atomic E-state index is -4.32. The van der Waals surface area contributed by atoms with Crippen LogP contribution in [-0.2, 0) is 10.0 Å². The van der Waals surface area contributed by atoms with Crippen LogP contribution in [0.4, 0.5) is 14.5 Å². The zero-order chi connectivity index (χ0) is 13.4. The van der Waals surface area contributed by atoms with Crippen LogP contribution in [0.25, 0.3) is 0 Å². The fourth-order valence-electron chi connectivity index (χ4n) is 0.995. The summed E-state index contributed by atoms with van der Waals surface area (Å²) in [6, 6.07) is 0.378. The van der Waals surface area contributed by atoms with E-state index in [-0.39, 0.29) is 0 Å². The van der Waals surface area contributed by atoms with E-state index in [4.69, 9.17) is 5.14 Å². The standard InChI is InChI=1S/C6H4BrF2N3O4S/c7-5-4(12(13)14)2(6(8)9)1-3(11-5)17(10,15)16/h1,6H,(H2,10,15,16). The van der Waals surface area contributed by atoms with Crippen LogP contribution in [0.3, 0.4) is 0 Å². The Bertz CT molecular complexity index is 577. The van der Waals surface area contributed by atoms with Crippen molar-refractivity contribution in [1.82, 2.24) is 4.98 Å². The fraction of sp³-hybridized carbons (Fsp3) is 0.167. The number of pyridine rings is 1. The molecule has 11 heteroatoms. The van der Waals surface area contributed by atoms with Gasteiger partial charge in [0.2, 0.25) is 0 Å². The maximum atomic E-state index is 12.5. The lowest BCUT2D eigenvalue weighted by Gasteiger charge is -2.05. The number of nitro groups is 1. The molecule has 0 aliphatic rings. The first-order valence-corrected chi connectivity index (χ1v) is 6.14. The molecule has 0 amide bonds. The summed E-state index contributed by atoms with van der Waals surface area (Å²) in [7, 11) is -4.32. The Morgan fingerprint density at radius 3 is 2.41 bits per heavy atom. The predicted molar refractivity (Wildman–Crippen MR) is 54.9 cm³/mol. The van der Waals surface area contributed by atoms with Gasteiger partial charge in [0.1, 0.15) is 5.56 Å². The Balaban J connectivity index is 3.64. The van der Waals surface area contributed by atoms with E-state index in [9.17, 15) is 27.3 Å². The van der Waals surface area contributed by atoms with Crippen LogP contribution in [0, 0.1) is 10.1 Å². The zero-order valence-electron chi connectivity index (χ0n) is 7.80. The van der Waals surface area contributed by atoms with Gasteiger partial charge in [-0.3, -0.25) is 10.1 Å². The summed E-state index contributed by atoms with van der Waals surface area (Å²) in [4.78, 5) is 12.7. The van der Waals surface area contributed by atoms with Crippen molar-refractivity contribution in [2.45, 2.75) is 11.5 Å². The van der Waals surface area contributed by atoms with Crippen molar-refractivity contribution in [3.8, 4) is 0 Å². The molecule has 7 nitrogen and oxygen atoms in total. The van der Waals surface area contributed by atoms with Crippen LogP contribution in [0.1, 0.15) is 12.0 Å². The van der Waals surface area contributed by atoms with Gasteiger partial charge in [0.05, 0.1) is 4.92 Å². The monoisotopic (exact) mass is 331 g/mol. The number of hydrogen-bond donors (Lipinski definition) is 1. The summed E-state index contributed by atoms with van der Waals surface area (Å²) in [5.74, 6) is 0. The lowest BCUT2D eigenvalue weighted by molar-refractivity contribution is -0.387. The van der Waals surface area contributed by atoms with Gasteiger partial charge >= 0.3 is 5.69 Å². The highest BCUT2D eigenvalue weighted by Gasteiger charge is 2.29. The van der Waals surface area contributed by atoms with E-state index in [2.05, 4.69) is 20.9 Å². The van der Waals surface area contributed by atoms with Crippen molar-refractivity contribution in [1.29, 1.82) is 0 Å². The number of rotatable bonds is 3. The second-order valence-corrected chi connectivity index (χ2v) is 5.05. The van der Waals surface area contributed by atoms with Crippen LogP contribution >= 0.6 is 15.9 Å². The topological polar surface area (TPSA) is 116 Å². The molecule has 1 heterocycles. The summed E-state index contributed by atoms with van der Waals surface area (Å²) in [5.41, 5.74) is -2.06. The molecule has 0 fully saturated rings. The SMILES string of the molecule is NS(=O)(=O)c1cc(C(F)F)c([N+](=O)[O-])c(Br)n1. The molecule has 0 atom stereocenters. The third-order valence-corrected chi connectivity index (χ3v) is 3.01. The predicted octanol–water partition coefficient (Wildman–Crippen LogP) is 1.34. The molecule has 0 saturated heterocycles. The maximum absolute atomic E-state index is 12.5. The van der Waals surface area contributed by atoms with Crippen LogP contribution in [0.15, 0.2) is 15.7 Å². The van der Waals surface area contributed by atoms with Gasteiger partial charge < -0.3 is 0 Å². The highest BCUT2D eigenvalue weighted by molar-refractivity contribution is 9.10. The van der Waals surface area contributed by atoms with Gasteiger partial charge in [0, 0.05) is 0 Å². The Morgan fingerprint density at radius 1 is 1.53 bits per heavy atom. The lowest BCUT2D eigenvalue weighted by Crippen LogP contribution is -2.15. The first kappa shape index (κ1) is 13.9. The largest absolute Gasteiger partial charge is 0.310 e. The Hall–Kier alpha value is -1.20. The van der Waals surface area contributed by atoms with E-state index in [1.165, 1.54) is 0 Å². The molecule has 1 aromatic rings. The average Bonchev–Trinajstić information content (AvgIpc) is 2.13. The van der Waals surface area contributed by atoms with Crippen molar-refractivity contribution in [3.63, 3.8) is 0 Å². The quantitative estimate of drug-likeness (QED) is 0.509. The van der Waals surface area contributed by atoms with Gasteiger partial charge in [-0.2, -0.15) is 0 Å². The highest BCUT2D eigenvalue weighted by Crippen LogP contribution is 2.35. The molecular weight excluding hydrogens is 328 g/mol. The molecule has 0 bridgehead atoms. The first-order chi connectivity index (χ1) is 7.64. The molecule has 1 rings (SSSR count). The summed E-state index contributed by atoms with van der Waals surface area (Å²) >= 11 is 2.55. The van der Waals surface area contributed by atoms with Gasteiger partial charge in [0.25, 0.3) is 16.4 Å². The fourth-order valence-corrected chi connectivity index (χ4v) is 2.19. The average molecular weight is 332 g/mol. The number of halogens is 3. The van der Waals surface area contributed by atoms with Gasteiger partial charge in [0.15, 0.2) is 9.63 Å². The van der Waals surface area contributed by atoms with Crippen LogP contribution < -0.4 is 5.14 Å². The number of nitrogens with two attached hydrogens (primary N) is 1. The number of alkyl halides is 2. The Morgan fingerprint density at radius 2 is 2.06 bits per heavy atom. The molecule has 0 spiro atoms. The molecule has 0 aliphatic carbocycles. The maximum Gasteiger partial charge on any atom is 0.310 e. The smallest absolute Gasteiger partial charge is 0.258 e. The van der Waals surface area contributed by atoms with E-state index in [0.29, 0.717) is 6.07 Å².